The molecule has 1 amide bonds. The number of para-hydroxylation sites is 2. The smallest absolute Gasteiger partial charge is 0.310 e. The summed E-state index contributed by atoms with van der Waals surface area (Å²) in [5.74, 6) is 0.143. The minimum absolute atomic E-state index is 0.0555. The molecule has 9 nitrogen and oxygen atoms in total. The highest BCUT2D eigenvalue weighted by molar-refractivity contribution is 6.30. The van der Waals surface area contributed by atoms with Crippen LogP contribution in [-0.2, 0) is 13.2 Å². The molecule has 4 rings (SSSR count). The van der Waals surface area contributed by atoms with Crippen molar-refractivity contribution < 1.29 is 18.9 Å². The van der Waals surface area contributed by atoms with E-state index in [0.717, 1.165) is 5.56 Å². The van der Waals surface area contributed by atoms with Gasteiger partial charge >= 0.3 is 5.69 Å². The van der Waals surface area contributed by atoms with Crippen molar-refractivity contribution in [3.05, 3.63) is 105 Å². The zero-order chi connectivity index (χ0) is 22.5. The van der Waals surface area contributed by atoms with Crippen LogP contribution in [0.1, 0.15) is 21.9 Å². The van der Waals surface area contributed by atoms with Crippen LogP contribution in [0.15, 0.2) is 77.5 Å². The lowest BCUT2D eigenvalue weighted by molar-refractivity contribution is -0.386. The van der Waals surface area contributed by atoms with Gasteiger partial charge in [-0.15, -0.1) is 0 Å². The molecule has 10 heteroatoms. The topological polar surface area (TPSA) is 112 Å². The van der Waals surface area contributed by atoms with Crippen molar-refractivity contribution in [3.63, 3.8) is 0 Å². The van der Waals surface area contributed by atoms with Gasteiger partial charge in [0.15, 0.2) is 11.5 Å². The lowest BCUT2D eigenvalue weighted by atomic mass is 10.2. The Hall–Kier alpha value is -4.11. The number of ether oxygens (including phenoxy) is 1. The molecule has 32 heavy (non-hydrogen) atoms. The number of hydrogen-bond acceptors (Lipinski definition) is 6. The molecule has 0 atom stereocenters. The van der Waals surface area contributed by atoms with Gasteiger partial charge in [0.25, 0.3) is 5.91 Å². The summed E-state index contributed by atoms with van der Waals surface area (Å²) in [6, 6.07) is 16.5. The first-order chi connectivity index (χ1) is 15.5. The molecule has 0 spiro atoms. The predicted octanol–water partition coefficient (Wildman–Crippen LogP) is 4.92. The Kier molecular flexibility index (Phi) is 6.18. The highest BCUT2D eigenvalue weighted by Crippen LogP contribution is 2.27. The maximum atomic E-state index is 12.5. The lowest BCUT2D eigenvalue weighted by Gasteiger charge is -2.07. The first-order valence-corrected chi connectivity index (χ1v) is 9.89. The van der Waals surface area contributed by atoms with Crippen LogP contribution in [0.25, 0.3) is 0 Å². The van der Waals surface area contributed by atoms with Gasteiger partial charge in [-0.2, -0.15) is 5.10 Å². The van der Waals surface area contributed by atoms with Crippen molar-refractivity contribution >= 4 is 28.9 Å². The second-order valence-corrected chi connectivity index (χ2v) is 7.23. The Bertz CT molecular complexity index is 1270. The van der Waals surface area contributed by atoms with Crippen LogP contribution in [0, 0.1) is 10.1 Å². The summed E-state index contributed by atoms with van der Waals surface area (Å²) in [6.07, 6.45) is 3.27. The van der Waals surface area contributed by atoms with Crippen LogP contribution in [0.3, 0.4) is 0 Å². The molecule has 162 valence electrons. The average molecular weight is 453 g/mol. The molecular weight excluding hydrogens is 436 g/mol. The van der Waals surface area contributed by atoms with Gasteiger partial charge < -0.3 is 14.5 Å². The van der Waals surface area contributed by atoms with Crippen molar-refractivity contribution in [1.29, 1.82) is 0 Å². The van der Waals surface area contributed by atoms with Crippen LogP contribution >= 0.6 is 11.6 Å². The maximum absolute atomic E-state index is 12.5. The summed E-state index contributed by atoms with van der Waals surface area (Å²) in [4.78, 5) is 23.1. The van der Waals surface area contributed by atoms with E-state index in [-0.39, 0.29) is 23.8 Å². The van der Waals surface area contributed by atoms with Gasteiger partial charge in [0.2, 0.25) is 0 Å². The molecule has 1 N–H and O–H groups in total. The number of benzene rings is 2. The Morgan fingerprint density at radius 3 is 2.81 bits per heavy atom. The molecule has 2 heterocycles. The number of hydrogen-bond donors (Lipinski definition) is 1. The van der Waals surface area contributed by atoms with E-state index < -0.39 is 10.8 Å². The maximum Gasteiger partial charge on any atom is 0.310 e. The fraction of sp³-hybridized carbons (Fsp3) is 0.0909. The number of carbonyl (C=O) groups excluding carboxylic acids is 1. The number of halogens is 1. The molecule has 0 fully saturated rings. The van der Waals surface area contributed by atoms with Gasteiger partial charge in [0.05, 0.1) is 22.7 Å². The van der Waals surface area contributed by atoms with E-state index in [1.807, 2.05) is 18.2 Å². The molecule has 0 aliphatic heterocycles. The number of aromatic nitrogens is 2. The summed E-state index contributed by atoms with van der Waals surface area (Å²) < 4.78 is 12.7. The lowest BCUT2D eigenvalue weighted by Crippen LogP contribution is -2.11. The standard InChI is InChI=1S/C22H17ClN4O5/c23-16-11-24-26(13-16)12-15-4-3-5-17(10-15)25-22(28)21-9-8-18(32-21)14-31-20-7-2-1-6-19(20)27(29)30/h1-11,13H,12,14H2,(H,25,28). The minimum Gasteiger partial charge on any atom is -0.479 e. The second-order valence-electron chi connectivity index (χ2n) is 6.79. The quantitative estimate of drug-likeness (QED) is 0.300. The number of nitro groups is 1. The SMILES string of the molecule is O=C(Nc1cccc(Cn2cc(Cl)cn2)c1)c1ccc(COc2ccccc2[N+](=O)[O-])o1. The number of anilines is 1. The minimum atomic E-state index is -0.522. The molecule has 4 aromatic rings. The van der Waals surface area contributed by atoms with Crippen LogP contribution in [-0.4, -0.2) is 20.6 Å². The number of carbonyl (C=O) groups is 1. The van der Waals surface area contributed by atoms with Gasteiger partial charge in [0, 0.05) is 18.0 Å². The normalized spacial score (nSPS) is 10.7. The zero-order valence-electron chi connectivity index (χ0n) is 16.6. The highest BCUT2D eigenvalue weighted by atomic mass is 35.5. The van der Waals surface area contributed by atoms with E-state index in [1.165, 1.54) is 18.2 Å². The van der Waals surface area contributed by atoms with Gasteiger partial charge in [-0.05, 0) is 35.9 Å². The molecule has 0 bridgehead atoms. The van der Waals surface area contributed by atoms with E-state index >= 15 is 0 Å². The van der Waals surface area contributed by atoms with E-state index in [1.54, 1.807) is 41.3 Å². The largest absolute Gasteiger partial charge is 0.479 e. The molecular formula is C22H17ClN4O5. The number of nitrogens with one attached hydrogen (secondary N) is 1. The molecule has 0 aliphatic rings. The Labute approximate surface area is 187 Å². The highest BCUT2D eigenvalue weighted by Gasteiger charge is 2.16. The summed E-state index contributed by atoms with van der Waals surface area (Å²) in [6.45, 7) is 0.449. The van der Waals surface area contributed by atoms with Gasteiger partial charge in [-0.1, -0.05) is 35.9 Å². The fourth-order valence-electron chi connectivity index (χ4n) is 3.01. The number of nitrogens with zero attached hydrogens (tertiary/aromatic N) is 3. The first kappa shape index (κ1) is 21.1. The van der Waals surface area contributed by atoms with Crippen LogP contribution in [0.5, 0.6) is 5.75 Å². The summed E-state index contributed by atoms with van der Waals surface area (Å²) >= 11 is 5.89. The number of furan rings is 1. The number of amides is 1. The van der Waals surface area contributed by atoms with E-state index in [9.17, 15) is 14.9 Å². The Morgan fingerprint density at radius 2 is 2.03 bits per heavy atom. The number of rotatable bonds is 8. The molecule has 0 saturated heterocycles. The molecule has 2 aromatic heterocycles. The average Bonchev–Trinajstić information content (AvgIpc) is 3.41. The van der Waals surface area contributed by atoms with Crippen molar-refractivity contribution in [2.24, 2.45) is 0 Å². The van der Waals surface area contributed by atoms with E-state index in [2.05, 4.69) is 10.4 Å². The monoisotopic (exact) mass is 452 g/mol. The van der Waals surface area contributed by atoms with Crippen LogP contribution < -0.4 is 10.1 Å². The summed E-state index contributed by atoms with van der Waals surface area (Å²) in [7, 11) is 0. The van der Waals surface area contributed by atoms with Crippen molar-refractivity contribution in [2.75, 3.05) is 5.32 Å². The van der Waals surface area contributed by atoms with E-state index in [4.69, 9.17) is 20.8 Å². The van der Waals surface area contributed by atoms with Crippen LogP contribution in [0.4, 0.5) is 11.4 Å². The Morgan fingerprint density at radius 1 is 1.19 bits per heavy atom. The van der Waals surface area contributed by atoms with Crippen molar-refractivity contribution in [2.45, 2.75) is 13.2 Å². The van der Waals surface area contributed by atoms with Crippen molar-refractivity contribution in [3.8, 4) is 5.75 Å². The third-order valence-corrected chi connectivity index (χ3v) is 4.64. The second kappa shape index (κ2) is 9.36. The van der Waals surface area contributed by atoms with E-state index in [0.29, 0.717) is 23.0 Å². The number of nitro benzene ring substituents is 1. The molecule has 2 aromatic carbocycles. The first-order valence-electron chi connectivity index (χ1n) is 9.51. The van der Waals surface area contributed by atoms with Gasteiger partial charge in [-0.25, -0.2) is 0 Å². The van der Waals surface area contributed by atoms with Crippen LogP contribution in [0.2, 0.25) is 5.02 Å². The van der Waals surface area contributed by atoms with Gasteiger partial charge in [0.1, 0.15) is 12.4 Å². The fourth-order valence-corrected chi connectivity index (χ4v) is 3.16. The van der Waals surface area contributed by atoms with Crippen molar-refractivity contribution in [1.82, 2.24) is 9.78 Å². The molecule has 0 radical (unpaired) electrons. The molecule has 0 saturated carbocycles. The Balaban J connectivity index is 1.38. The van der Waals surface area contributed by atoms with Gasteiger partial charge in [-0.3, -0.25) is 19.6 Å². The summed E-state index contributed by atoms with van der Waals surface area (Å²) in [5, 5.41) is 18.5. The summed E-state index contributed by atoms with van der Waals surface area (Å²) in [5.41, 5.74) is 1.38. The third kappa shape index (κ3) is 5.13. The molecule has 0 aliphatic carbocycles. The molecule has 0 unspecified atom stereocenters. The zero-order valence-corrected chi connectivity index (χ0v) is 17.4. The third-order valence-electron chi connectivity index (χ3n) is 4.45. The predicted molar refractivity (Wildman–Crippen MR) is 117 cm³/mol.